The van der Waals surface area contributed by atoms with Crippen LogP contribution in [0.5, 0.6) is 0 Å². The van der Waals surface area contributed by atoms with Crippen molar-refractivity contribution in [2.45, 2.75) is 39.2 Å². The second-order valence-corrected chi connectivity index (χ2v) is 7.74. The van der Waals surface area contributed by atoms with Crippen LogP contribution in [0.25, 0.3) is 0 Å². The fraction of sp³-hybridized carbons (Fsp3) is 0.600. The number of hydrogen-bond acceptors (Lipinski definition) is 6. The van der Waals surface area contributed by atoms with E-state index in [4.69, 9.17) is 14.7 Å². The SMILES string of the molecule is Cc1nc(C2CCN(C(=O)c3ccn(C(F)F)n3)CC2)nc(N2CCOCC2)c1C. The van der Waals surface area contributed by atoms with Crippen LogP contribution in [0.1, 0.15) is 52.9 Å². The highest BCUT2D eigenvalue weighted by Gasteiger charge is 2.29. The van der Waals surface area contributed by atoms with Crippen LogP contribution >= 0.6 is 0 Å². The second-order valence-electron chi connectivity index (χ2n) is 7.74. The molecular formula is C20H26F2N6O2. The molecule has 0 aliphatic carbocycles. The molecule has 0 bridgehead atoms. The topological polar surface area (TPSA) is 76.4 Å². The number of nitrogens with zero attached hydrogens (tertiary/aromatic N) is 6. The molecule has 0 unspecified atom stereocenters. The minimum Gasteiger partial charge on any atom is -0.378 e. The van der Waals surface area contributed by atoms with E-state index in [1.54, 1.807) is 4.90 Å². The molecule has 1 amide bonds. The number of aryl methyl sites for hydroxylation is 1. The quantitative estimate of drug-likeness (QED) is 0.757. The zero-order valence-electron chi connectivity index (χ0n) is 17.2. The summed E-state index contributed by atoms with van der Waals surface area (Å²) in [4.78, 5) is 26.1. The van der Waals surface area contributed by atoms with Gasteiger partial charge in [0.05, 0.1) is 13.2 Å². The number of carbonyl (C=O) groups excluding carboxylic acids is 1. The normalized spacial score (nSPS) is 18.3. The van der Waals surface area contributed by atoms with Crippen LogP contribution in [0.3, 0.4) is 0 Å². The first kappa shape index (κ1) is 20.6. The number of rotatable bonds is 4. The van der Waals surface area contributed by atoms with Crippen molar-refractivity contribution in [1.29, 1.82) is 0 Å². The zero-order chi connectivity index (χ0) is 21.3. The number of morpholine rings is 1. The van der Waals surface area contributed by atoms with Crippen molar-refractivity contribution in [3.63, 3.8) is 0 Å². The Hall–Kier alpha value is -2.62. The highest BCUT2D eigenvalue weighted by Crippen LogP contribution is 2.30. The smallest absolute Gasteiger partial charge is 0.333 e. The number of halogens is 2. The van der Waals surface area contributed by atoms with Crippen LogP contribution in [0.4, 0.5) is 14.6 Å². The van der Waals surface area contributed by atoms with Gasteiger partial charge in [-0.05, 0) is 32.8 Å². The fourth-order valence-corrected chi connectivity index (χ4v) is 3.96. The van der Waals surface area contributed by atoms with Gasteiger partial charge in [-0.1, -0.05) is 0 Å². The first-order valence-corrected chi connectivity index (χ1v) is 10.2. The third-order valence-electron chi connectivity index (χ3n) is 5.87. The van der Waals surface area contributed by atoms with Crippen LogP contribution < -0.4 is 4.90 Å². The van der Waals surface area contributed by atoms with E-state index >= 15 is 0 Å². The van der Waals surface area contributed by atoms with Gasteiger partial charge < -0.3 is 14.5 Å². The van der Waals surface area contributed by atoms with E-state index in [9.17, 15) is 13.6 Å². The van der Waals surface area contributed by atoms with Crippen LogP contribution in [0, 0.1) is 13.8 Å². The molecule has 2 aliphatic heterocycles. The van der Waals surface area contributed by atoms with Crippen molar-refractivity contribution in [2.24, 2.45) is 0 Å². The Kier molecular flexibility index (Phi) is 5.94. The van der Waals surface area contributed by atoms with E-state index in [0.717, 1.165) is 55.0 Å². The molecule has 2 aromatic rings. The minimum absolute atomic E-state index is 0.0470. The van der Waals surface area contributed by atoms with Crippen molar-refractivity contribution in [2.75, 3.05) is 44.3 Å². The molecule has 2 aromatic heterocycles. The molecule has 0 spiro atoms. The third kappa shape index (κ3) is 4.14. The fourth-order valence-electron chi connectivity index (χ4n) is 3.96. The maximum absolute atomic E-state index is 12.7. The van der Waals surface area contributed by atoms with E-state index < -0.39 is 6.55 Å². The van der Waals surface area contributed by atoms with Crippen molar-refractivity contribution >= 4 is 11.7 Å². The van der Waals surface area contributed by atoms with Gasteiger partial charge in [0.15, 0.2) is 5.69 Å². The van der Waals surface area contributed by atoms with E-state index in [2.05, 4.69) is 10.00 Å². The number of alkyl halides is 2. The molecule has 30 heavy (non-hydrogen) atoms. The van der Waals surface area contributed by atoms with E-state index in [1.807, 2.05) is 13.8 Å². The maximum Gasteiger partial charge on any atom is 0.333 e. The van der Waals surface area contributed by atoms with Gasteiger partial charge in [0.1, 0.15) is 11.6 Å². The summed E-state index contributed by atoms with van der Waals surface area (Å²) in [6, 6.07) is 1.33. The van der Waals surface area contributed by atoms with Crippen LogP contribution in [-0.2, 0) is 4.74 Å². The Morgan fingerprint density at radius 2 is 1.83 bits per heavy atom. The van der Waals surface area contributed by atoms with Gasteiger partial charge in [0.2, 0.25) is 0 Å². The molecule has 2 aliphatic rings. The monoisotopic (exact) mass is 420 g/mol. The van der Waals surface area contributed by atoms with Gasteiger partial charge in [0.25, 0.3) is 5.91 Å². The number of ether oxygens (including phenoxy) is 1. The highest BCUT2D eigenvalue weighted by atomic mass is 19.3. The Balaban J connectivity index is 1.44. The van der Waals surface area contributed by atoms with Gasteiger partial charge in [-0.25, -0.2) is 14.6 Å². The number of likely N-dealkylation sites (tertiary alicyclic amines) is 1. The summed E-state index contributed by atoms with van der Waals surface area (Å²) in [5, 5.41) is 3.68. The lowest BCUT2D eigenvalue weighted by molar-refractivity contribution is 0.0547. The summed E-state index contributed by atoms with van der Waals surface area (Å²) in [6.45, 7) is 5.36. The lowest BCUT2D eigenvalue weighted by Crippen LogP contribution is -2.39. The highest BCUT2D eigenvalue weighted by molar-refractivity contribution is 5.92. The van der Waals surface area contributed by atoms with Gasteiger partial charge in [0, 0.05) is 49.6 Å². The van der Waals surface area contributed by atoms with Crippen molar-refractivity contribution < 1.29 is 18.3 Å². The molecule has 0 aromatic carbocycles. The van der Waals surface area contributed by atoms with Crippen molar-refractivity contribution in [1.82, 2.24) is 24.6 Å². The first-order valence-electron chi connectivity index (χ1n) is 10.2. The summed E-state index contributed by atoms with van der Waals surface area (Å²) < 4.78 is 31.4. The molecule has 10 heteroatoms. The van der Waals surface area contributed by atoms with Gasteiger partial charge in [-0.3, -0.25) is 4.79 Å². The number of amides is 1. The van der Waals surface area contributed by atoms with Crippen LogP contribution in [-0.4, -0.2) is 69.9 Å². The predicted molar refractivity (Wildman–Crippen MR) is 106 cm³/mol. The summed E-state index contributed by atoms with van der Waals surface area (Å²) in [5.41, 5.74) is 2.10. The number of piperidine rings is 1. The summed E-state index contributed by atoms with van der Waals surface area (Å²) in [6.07, 6.45) is 2.58. The Morgan fingerprint density at radius 3 is 2.47 bits per heavy atom. The molecule has 0 saturated carbocycles. The minimum atomic E-state index is -2.75. The average Bonchev–Trinajstić information content (AvgIpc) is 3.26. The molecule has 4 rings (SSSR count). The van der Waals surface area contributed by atoms with E-state index in [1.165, 1.54) is 6.07 Å². The Morgan fingerprint density at radius 1 is 1.13 bits per heavy atom. The Labute approximate surface area is 173 Å². The summed E-state index contributed by atoms with van der Waals surface area (Å²) in [5.74, 6) is 1.63. The standard InChI is InChI=1S/C20H26F2N6O2/c1-13-14(2)23-17(24-18(13)26-9-11-30-12-10-26)15-3-6-27(7-4-15)19(29)16-5-8-28(25-16)20(21)22/h5,8,15,20H,3-4,6-7,9-12H2,1-2H3. The predicted octanol–water partition coefficient (Wildman–Crippen LogP) is 2.54. The summed E-state index contributed by atoms with van der Waals surface area (Å²) >= 11 is 0. The van der Waals surface area contributed by atoms with Gasteiger partial charge in [-0.2, -0.15) is 13.9 Å². The molecule has 2 fully saturated rings. The lowest BCUT2D eigenvalue weighted by Gasteiger charge is -2.33. The molecular weight excluding hydrogens is 394 g/mol. The lowest BCUT2D eigenvalue weighted by atomic mass is 9.95. The number of carbonyl (C=O) groups is 1. The molecule has 2 saturated heterocycles. The van der Waals surface area contributed by atoms with Gasteiger partial charge in [-0.15, -0.1) is 0 Å². The molecule has 0 atom stereocenters. The third-order valence-corrected chi connectivity index (χ3v) is 5.87. The number of hydrogen-bond donors (Lipinski definition) is 0. The maximum atomic E-state index is 12.7. The van der Waals surface area contributed by atoms with Crippen molar-refractivity contribution in [3.05, 3.63) is 35.0 Å². The molecule has 0 radical (unpaired) electrons. The number of anilines is 1. The zero-order valence-corrected chi connectivity index (χ0v) is 17.2. The van der Waals surface area contributed by atoms with Crippen LogP contribution in [0.2, 0.25) is 0 Å². The average molecular weight is 420 g/mol. The van der Waals surface area contributed by atoms with E-state index in [0.29, 0.717) is 31.0 Å². The summed E-state index contributed by atoms with van der Waals surface area (Å²) in [7, 11) is 0. The van der Waals surface area contributed by atoms with Crippen LogP contribution in [0.15, 0.2) is 12.3 Å². The largest absolute Gasteiger partial charge is 0.378 e. The molecule has 0 N–H and O–H groups in total. The molecule has 8 nitrogen and oxygen atoms in total. The Bertz CT molecular complexity index is 905. The van der Waals surface area contributed by atoms with E-state index in [-0.39, 0.29) is 17.5 Å². The molecule has 4 heterocycles. The number of aromatic nitrogens is 4. The second kappa shape index (κ2) is 8.63. The first-order chi connectivity index (χ1) is 14.4. The van der Waals surface area contributed by atoms with Crippen molar-refractivity contribution in [3.8, 4) is 0 Å². The van der Waals surface area contributed by atoms with Gasteiger partial charge >= 0.3 is 6.55 Å². The molecule has 162 valence electrons.